The monoisotopic (exact) mass is 266 g/mol. The van der Waals surface area contributed by atoms with Crippen molar-refractivity contribution in [2.24, 2.45) is 5.92 Å². The molecule has 0 radical (unpaired) electrons. The Morgan fingerprint density at radius 1 is 1.47 bits per heavy atom. The fourth-order valence-electron chi connectivity index (χ4n) is 1.69. The number of carboxylic acid groups (broad SMARTS) is 1. The topological polar surface area (TPSA) is 103 Å². The Hall–Kier alpha value is -2.11. The predicted molar refractivity (Wildman–Crippen MR) is 69.7 cm³/mol. The van der Waals surface area contributed by atoms with Gasteiger partial charge in [-0.1, -0.05) is 6.92 Å². The second-order valence-corrected chi connectivity index (χ2v) is 4.13. The van der Waals surface area contributed by atoms with Gasteiger partial charge in [0.15, 0.2) is 0 Å². The molecule has 1 aromatic heterocycles. The maximum atomic E-state index is 11.7. The molecule has 1 atom stereocenters. The molecule has 0 aromatic carbocycles. The number of hydrogen-bond donors (Lipinski definition) is 2. The van der Waals surface area contributed by atoms with E-state index >= 15 is 0 Å². The number of carbonyl (C=O) groups excluding carboxylic acids is 1. The third kappa shape index (κ3) is 3.94. The van der Waals surface area contributed by atoms with Gasteiger partial charge in [0.05, 0.1) is 29.5 Å². The zero-order valence-corrected chi connectivity index (χ0v) is 11.0. The number of pyridine rings is 1. The molecule has 3 N–H and O–H groups in total. The summed E-state index contributed by atoms with van der Waals surface area (Å²) in [7, 11) is 0. The van der Waals surface area contributed by atoms with Crippen LogP contribution in [0.4, 0.5) is 5.69 Å². The average Bonchev–Trinajstić information content (AvgIpc) is 2.37. The number of esters is 1. The predicted octanol–water partition coefficient (Wildman–Crippen LogP) is 1.49. The third-order valence-corrected chi connectivity index (χ3v) is 2.80. The lowest BCUT2D eigenvalue weighted by molar-refractivity contribution is -0.148. The van der Waals surface area contributed by atoms with Gasteiger partial charge in [-0.2, -0.15) is 0 Å². The number of aromatic nitrogens is 1. The standard InChI is InChI=1S/C13H18N2O4/c1-3-8(13(18)19-4-2)6-11-10(14)5-9(7-15-11)12(16)17/h5,7-8H,3-4,6,14H2,1-2H3,(H,16,17). The van der Waals surface area contributed by atoms with Crippen LogP contribution in [0.2, 0.25) is 0 Å². The molecule has 1 aromatic rings. The summed E-state index contributed by atoms with van der Waals surface area (Å²) in [6.07, 6.45) is 2.20. The minimum Gasteiger partial charge on any atom is -0.478 e. The highest BCUT2D eigenvalue weighted by Crippen LogP contribution is 2.18. The number of nitrogens with zero attached hydrogens (tertiary/aromatic N) is 1. The minimum absolute atomic E-state index is 0.0328. The first-order valence-electron chi connectivity index (χ1n) is 6.13. The molecule has 0 aliphatic rings. The quantitative estimate of drug-likeness (QED) is 0.756. The Morgan fingerprint density at radius 2 is 2.16 bits per heavy atom. The summed E-state index contributed by atoms with van der Waals surface area (Å²) < 4.78 is 4.97. The van der Waals surface area contributed by atoms with Gasteiger partial charge in [-0.05, 0) is 19.4 Å². The molecule has 104 valence electrons. The molecule has 0 saturated carbocycles. The molecule has 1 heterocycles. The number of carbonyl (C=O) groups is 2. The minimum atomic E-state index is -1.08. The maximum Gasteiger partial charge on any atom is 0.337 e. The maximum absolute atomic E-state index is 11.7. The summed E-state index contributed by atoms with van der Waals surface area (Å²) >= 11 is 0. The second kappa shape index (κ2) is 6.72. The lowest BCUT2D eigenvalue weighted by Crippen LogP contribution is -2.20. The van der Waals surface area contributed by atoms with Crippen molar-refractivity contribution in [2.45, 2.75) is 26.7 Å². The van der Waals surface area contributed by atoms with Crippen molar-refractivity contribution in [2.75, 3.05) is 12.3 Å². The zero-order chi connectivity index (χ0) is 14.4. The summed E-state index contributed by atoms with van der Waals surface area (Å²) in [5.74, 6) is -1.68. The van der Waals surface area contributed by atoms with Crippen LogP contribution in [0.3, 0.4) is 0 Å². The average molecular weight is 266 g/mol. The molecular weight excluding hydrogens is 248 g/mol. The molecule has 6 heteroatoms. The summed E-state index contributed by atoms with van der Waals surface area (Å²) in [6, 6.07) is 1.35. The molecule has 0 amide bonds. The number of nitrogen functional groups attached to an aromatic ring is 1. The highest BCUT2D eigenvalue weighted by Gasteiger charge is 2.20. The zero-order valence-electron chi connectivity index (χ0n) is 11.0. The van der Waals surface area contributed by atoms with Crippen molar-refractivity contribution in [1.82, 2.24) is 4.98 Å². The van der Waals surface area contributed by atoms with E-state index in [4.69, 9.17) is 15.6 Å². The number of carboxylic acids is 1. The smallest absolute Gasteiger partial charge is 0.337 e. The van der Waals surface area contributed by atoms with Crippen LogP contribution in [0.1, 0.15) is 36.3 Å². The van der Waals surface area contributed by atoms with Crippen LogP contribution < -0.4 is 5.73 Å². The molecule has 0 saturated heterocycles. The highest BCUT2D eigenvalue weighted by atomic mass is 16.5. The van der Waals surface area contributed by atoms with Crippen molar-refractivity contribution in [3.63, 3.8) is 0 Å². The number of hydrogen-bond acceptors (Lipinski definition) is 5. The highest BCUT2D eigenvalue weighted by molar-refractivity contribution is 5.88. The first kappa shape index (κ1) is 14.9. The molecule has 19 heavy (non-hydrogen) atoms. The van der Waals surface area contributed by atoms with Crippen LogP contribution in [0, 0.1) is 5.92 Å². The molecule has 0 spiro atoms. The molecule has 0 bridgehead atoms. The van der Waals surface area contributed by atoms with Gasteiger partial charge in [0.25, 0.3) is 0 Å². The van der Waals surface area contributed by atoms with Crippen molar-refractivity contribution >= 4 is 17.6 Å². The summed E-state index contributed by atoms with van der Waals surface area (Å²) in [5, 5.41) is 8.82. The third-order valence-electron chi connectivity index (χ3n) is 2.80. The van der Waals surface area contributed by atoms with Crippen molar-refractivity contribution < 1.29 is 19.4 Å². The molecular formula is C13H18N2O4. The summed E-state index contributed by atoms with van der Waals surface area (Å²) in [4.78, 5) is 26.5. The number of aromatic carboxylic acids is 1. The van der Waals surface area contributed by atoms with E-state index in [-0.39, 0.29) is 23.1 Å². The number of rotatable bonds is 6. The fourth-order valence-corrected chi connectivity index (χ4v) is 1.69. The van der Waals surface area contributed by atoms with E-state index in [1.165, 1.54) is 12.3 Å². The Bertz CT molecular complexity index is 474. The van der Waals surface area contributed by atoms with Gasteiger partial charge in [-0.25, -0.2) is 4.79 Å². The molecule has 1 rings (SSSR count). The van der Waals surface area contributed by atoms with Crippen LogP contribution in [0.5, 0.6) is 0 Å². The summed E-state index contributed by atoms with van der Waals surface area (Å²) in [5.41, 5.74) is 6.59. The van der Waals surface area contributed by atoms with Gasteiger partial charge < -0.3 is 15.6 Å². The van der Waals surface area contributed by atoms with E-state index in [2.05, 4.69) is 4.98 Å². The van der Waals surface area contributed by atoms with Gasteiger partial charge in [0.2, 0.25) is 0 Å². The summed E-state index contributed by atoms with van der Waals surface area (Å²) in [6.45, 7) is 3.96. The van der Waals surface area contributed by atoms with Crippen LogP contribution in [0.15, 0.2) is 12.3 Å². The molecule has 0 aliphatic heterocycles. The number of anilines is 1. The first-order valence-corrected chi connectivity index (χ1v) is 6.13. The normalized spacial score (nSPS) is 11.9. The van der Waals surface area contributed by atoms with E-state index in [0.29, 0.717) is 25.1 Å². The molecule has 0 aliphatic carbocycles. The van der Waals surface area contributed by atoms with Crippen LogP contribution >= 0.6 is 0 Å². The van der Waals surface area contributed by atoms with E-state index in [9.17, 15) is 9.59 Å². The van der Waals surface area contributed by atoms with Crippen LogP contribution in [-0.2, 0) is 16.0 Å². The van der Waals surface area contributed by atoms with E-state index < -0.39 is 5.97 Å². The van der Waals surface area contributed by atoms with Gasteiger partial charge in [0.1, 0.15) is 0 Å². The van der Waals surface area contributed by atoms with Gasteiger partial charge >= 0.3 is 11.9 Å². The van der Waals surface area contributed by atoms with Crippen molar-refractivity contribution in [3.05, 3.63) is 23.5 Å². The van der Waals surface area contributed by atoms with E-state index in [0.717, 1.165) is 0 Å². The van der Waals surface area contributed by atoms with Crippen LogP contribution in [-0.4, -0.2) is 28.6 Å². The van der Waals surface area contributed by atoms with Gasteiger partial charge in [0, 0.05) is 12.6 Å². The first-order chi connectivity index (χ1) is 8.99. The molecule has 0 fully saturated rings. The second-order valence-electron chi connectivity index (χ2n) is 4.13. The van der Waals surface area contributed by atoms with Gasteiger partial charge in [-0.15, -0.1) is 0 Å². The number of ether oxygens (including phenoxy) is 1. The van der Waals surface area contributed by atoms with E-state index in [1.807, 2.05) is 6.92 Å². The largest absolute Gasteiger partial charge is 0.478 e. The Morgan fingerprint density at radius 3 is 2.63 bits per heavy atom. The van der Waals surface area contributed by atoms with Crippen LogP contribution in [0.25, 0.3) is 0 Å². The fraction of sp³-hybridized carbons (Fsp3) is 0.462. The van der Waals surface area contributed by atoms with Crippen molar-refractivity contribution in [3.8, 4) is 0 Å². The Kier molecular flexibility index (Phi) is 5.29. The van der Waals surface area contributed by atoms with Gasteiger partial charge in [-0.3, -0.25) is 9.78 Å². The van der Waals surface area contributed by atoms with Crippen molar-refractivity contribution in [1.29, 1.82) is 0 Å². The number of nitrogens with two attached hydrogens (primary N) is 1. The lowest BCUT2D eigenvalue weighted by atomic mass is 9.99. The Labute approximate surface area is 111 Å². The molecule has 6 nitrogen and oxygen atoms in total. The lowest BCUT2D eigenvalue weighted by Gasteiger charge is -2.14. The molecule has 1 unspecified atom stereocenters. The van der Waals surface area contributed by atoms with E-state index in [1.54, 1.807) is 6.92 Å². The SMILES string of the molecule is CCOC(=O)C(CC)Cc1ncc(C(=O)O)cc1N. The Balaban J connectivity index is 2.86.